The van der Waals surface area contributed by atoms with E-state index in [2.05, 4.69) is 4.72 Å². The van der Waals surface area contributed by atoms with Crippen LogP contribution in [0, 0.1) is 0 Å². The summed E-state index contributed by atoms with van der Waals surface area (Å²) in [5.74, 6) is 0. The van der Waals surface area contributed by atoms with E-state index in [1.54, 1.807) is 6.92 Å². The number of sulfonamides is 1. The minimum Gasteiger partial charge on any atom is -0.398 e. The molecule has 0 radical (unpaired) electrons. The largest absolute Gasteiger partial charge is 0.398 e. The van der Waals surface area contributed by atoms with E-state index in [1.807, 2.05) is 0 Å². The molecule has 18 heavy (non-hydrogen) atoms. The molecule has 0 aliphatic heterocycles. The Kier molecular flexibility index (Phi) is 5.15. The zero-order valence-electron chi connectivity index (χ0n) is 10.0. The molecule has 1 rings (SSSR count). The number of hydrogen-bond acceptors (Lipinski definition) is 4. The smallest absolute Gasteiger partial charge is 0.242 e. The number of nitrogens with one attached hydrogen (secondary N) is 1. The molecule has 0 fully saturated rings. The van der Waals surface area contributed by atoms with Crippen LogP contribution in [-0.2, 0) is 20.8 Å². The third-order valence-electron chi connectivity index (χ3n) is 2.39. The minimum atomic E-state index is -3.70. The molecule has 1 aromatic rings. The normalized spacial score (nSPS) is 15.3. The van der Waals surface area contributed by atoms with Crippen LogP contribution in [0.1, 0.15) is 6.92 Å². The van der Waals surface area contributed by atoms with Gasteiger partial charge in [-0.25, -0.2) is 13.1 Å². The first-order chi connectivity index (χ1) is 8.24. The lowest BCUT2D eigenvalue weighted by molar-refractivity contribution is 0.581. The second kappa shape index (κ2) is 6.01. The molecule has 0 amide bonds. The van der Waals surface area contributed by atoms with Crippen molar-refractivity contribution in [2.45, 2.75) is 17.1 Å². The highest BCUT2D eigenvalue weighted by molar-refractivity contribution is 7.89. The second-order valence-corrected chi connectivity index (χ2v) is 7.82. The van der Waals surface area contributed by atoms with Crippen LogP contribution >= 0.6 is 11.6 Å². The van der Waals surface area contributed by atoms with E-state index in [0.29, 0.717) is 5.02 Å². The summed E-state index contributed by atoms with van der Waals surface area (Å²) in [4.78, 5) is -0.0269. The van der Waals surface area contributed by atoms with Crippen molar-refractivity contribution >= 4 is 38.1 Å². The fraction of sp³-hybridized carbons (Fsp3) is 0.400. The summed E-state index contributed by atoms with van der Waals surface area (Å²) in [7, 11) is -4.79. The summed E-state index contributed by atoms with van der Waals surface area (Å²) in [5.41, 5.74) is 5.69. The highest BCUT2D eigenvalue weighted by atomic mass is 35.5. The van der Waals surface area contributed by atoms with Gasteiger partial charge in [0.25, 0.3) is 0 Å². The predicted molar refractivity (Wildman–Crippen MR) is 74.6 cm³/mol. The third-order valence-corrected chi connectivity index (χ3v) is 5.42. The highest BCUT2D eigenvalue weighted by Crippen LogP contribution is 2.22. The summed E-state index contributed by atoms with van der Waals surface area (Å²) in [5, 5.41) is 0.0998. The molecule has 0 aliphatic carbocycles. The van der Waals surface area contributed by atoms with Crippen LogP contribution in [0.2, 0.25) is 5.02 Å². The lowest BCUT2D eigenvalue weighted by Gasteiger charge is -2.12. The second-order valence-electron chi connectivity index (χ2n) is 3.84. The van der Waals surface area contributed by atoms with E-state index in [-0.39, 0.29) is 22.4 Å². The molecule has 1 aromatic carbocycles. The number of benzene rings is 1. The summed E-state index contributed by atoms with van der Waals surface area (Å²) >= 11 is 5.70. The number of rotatable bonds is 5. The molecule has 0 saturated carbocycles. The average Bonchev–Trinajstić information content (AvgIpc) is 2.25. The Morgan fingerprint density at radius 3 is 2.61 bits per heavy atom. The quantitative estimate of drug-likeness (QED) is 0.793. The molecule has 0 bridgehead atoms. The van der Waals surface area contributed by atoms with E-state index in [4.69, 9.17) is 17.3 Å². The number of nitrogens with two attached hydrogens (primary N) is 1. The molecule has 0 spiro atoms. The van der Waals surface area contributed by atoms with Gasteiger partial charge in [0.1, 0.15) is 4.90 Å². The van der Waals surface area contributed by atoms with Crippen molar-refractivity contribution in [3.05, 3.63) is 23.2 Å². The van der Waals surface area contributed by atoms with Gasteiger partial charge in [-0.2, -0.15) is 0 Å². The Bertz CT molecular complexity index is 560. The van der Waals surface area contributed by atoms with Gasteiger partial charge in [0.2, 0.25) is 10.0 Å². The topological polar surface area (TPSA) is 89.3 Å². The fourth-order valence-electron chi connectivity index (χ4n) is 1.19. The van der Waals surface area contributed by atoms with Crippen molar-refractivity contribution in [1.82, 2.24) is 4.72 Å². The molecular formula is C10H15ClN2O3S2. The van der Waals surface area contributed by atoms with Gasteiger partial charge in [0, 0.05) is 33.9 Å². The van der Waals surface area contributed by atoms with E-state index >= 15 is 0 Å². The minimum absolute atomic E-state index is 0.0269. The Labute approximate surface area is 114 Å². The molecule has 0 saturated heterocycles. The van der Waals surface area contributed by atoms with Crippen LogP contribution in [0.3, 0.4) is 0 Å². The van der Waals surface area contributed by atoms with Gasteiger partial charge in [-0.15, -0.1) is 0 Å². The predicted octanol–water partition coefficient (Wildman–Crippen LogP) is 0.968. The van der Waals surface area contributed by atoms with Gasteiger partial charge in [-0.05, 0) is 25.1 Å². The van der Waals surface area contributed by atoms with Crippen molar-refractivity contribution in [2.75, 3.05) is 18.5 Å². The van der Waals surface area contributed by atoms with E-state index < -0.39 is 20.8 Å². The lowest BCUT2D eigenvalue weighted by Crippen LogP contribution is -2.33. The van der Waals surface area contributed by atoms with E-state index in [9.17, 15) is 12.6 Å². The summed E-state index contributed by atoms with van der Waals surface area (Å²) in [6, 6.07) is 4.17. The Morgan fingerprint density at radius 1 is 1.50 bits per heavy atom. The monoisotopic (exact) mass is 310 g/mol. The van der Waals surface area contributed by atoms with Crippen LogP contribution in [0.4, 0.5) is 5.69 Å². The van der Waals surface area contributed by atoms with Crippen LogP contribution in [0.5, 0.6) is 0 Å². The van der Waals surface area contributed by atoms with Crippen LogP contribution in [0.15, 0.2) is 23.1 Å². The zero-order chi connectivity index (χ0) is 13.9. The Hall–Kier alpha value is -0.630. The standard InChI is InChI=1S/C10H15ClN2O3S2/c1-7(17(2)14)6-13-18(15,16)10-4-3-8(11)5-9(10)12/h3-5,7,13H,6,12H2,1-2H3. The van der Waals surface area contributed by atoms with Gasteiger partial charge in [0.15, 0.2) is 0 Å². The lowest BCUT2D eigenvalue weighted by atomic mass is 10.3. The first-order valence-corrected chi connectivity index (χ1v) is 8.59. The van der Waals surface area contributed by atoms with Crippen LogP contribution in [0.25, 0.3) is 0 Å². The van der Waals surface area contributed by atoms with Gasteiger partial charge >= 0.3 is 0 Å². The highest BCUT2D eigenvalue weighted by Gasteiger charge is 2.19. The third kappa shape index (κ3) is 3.94. The maximum Gasteiger partial charge on any atom is 0.242 e. The number of hydrogen-bond donors (Lipinski definition) is 2. The van der Waals surface area contributed by atoms with Crippen molar-refractivity contribution in [3.8, 4) is 0 Å². The SMILES string of the molecule is CC(CNS(=O)(=O)c1ccc(Cl)cc1N)S(C)=O. The van der Waals surface area contributed by atoms with Gasteiger partial charge in [-0.3, -0.25) is 4.21 Å². The molecular weight excluding hydrogens is 296 g/mol. The Morgan fingerprint density at radius 2 is 2.11 bits per heavy atom. The summed E-state index contributed by atoms with van der Waals surface area (Å²) in [6.45, 7) is 1.79. The van der Waals surface area contributed by atoms with E-state index in [0.717, 1.165) is 0 Å². The number of nitrogen functional groups attached to an aromatic ring is 1. The zero-order valence-corrected chi connectivity index (χ0v) is 12.4. The summed E-state index contributed by atoms with van der Waals surface area (Å²) in [6.07, 6.45) is 1.52. The number of anilines is 1. The van der Waals surface area contributed by atoms with Gasteiger partial charge in [-0.1, -0.05) is 11.6 Å². The average molecular weight is 311 g/mol. The molecule has 0 aliphatic rings. The molecule has 5 nitrogen and oxygen atoms in total. The molecule has 102 valence electrons. The van der Waals surface area contributed by atoms with Crippen molar-refractivity contribution < 1.29 is 12.6 Å². The van der Waals surface area contributed by atoms with Crippen LogP contribution < -0.4 is 10.5 Å². The molecule has 0 heterocycles. The van der Waals surface area contributed by atoms with E-state index in [1.165, 1.54) is 24.5 Å². The van der Waals surface area contributed by atoms with Crippen LogP contribution in [-0.4, -0.2) is 30.7 Å². The fourth-order valence-corrected chi connectivity index (χ4v) is 3.03. The Balaban J connectivity index is 2.90. The molecule has 3 N–H and O–H groups in total. The molecule has 0 aromatic heterocycles. The van der Waals surface area contributed by atoms with Crippen molar-refractivity contribution in [2.24, 2.45) is 0 Å². The molecule has 2 unspecified atom stereocenters. The number of halogens is 1. The van der Waals surface area contributed by atoms with Gasteiger partial charge < -0.3 is 5.73 Å². The molecule has 2 atom stereocenters. The van der Waals surface area contributed by atoms with Gasteiger partial charge in [0.05, 0.1) is 5.69 Å². The summed E-state index contributed by atoms with van der Waals surface area (Å²) < 4.78 is 37.4. The molecule has 8 heteroatoms. The maximum absolute atomic E-state index is 12.0. The van der Waals surface area contributed by atoms with Crippen molar-refractivity contribution in [1.29, 1.82) is 0 Å². The first-order valence-electron chi connectivity index (χ1n) is 5.11. The first kappa shape index (κ1) is 15.4. The maximum atomic E-state index is 12.0. The van der Waals surface area contributed by atoms with Crippen molar-refractivity contribution in [3.63, 3.8) is 0 Å².